The molecule has 1 fully saturated rings. The number of fused-ring (bicyclic) bond motifs is 1. The Morgan fingerprint density at radius 3 is 3.00 bits per heavy atom. The maximum atomic E-state index is 5.90. The molecule has 1 aliphatic carbocycles. The number of nitrogens with zero attached hydrogens (tertiary/aromatic N) is 4. The Balaban J connectivity index is 1.96. The maximum Gasteiger partial charge on any atom is 0.203 e. The van der Waals surface area contributed by atoms with Crippen LogP contribution in [0.5, 0.6) is 0 Å². The van der Waals surface area contributed by atoms with E-state index < -0.39 is 0 Å². The highest BCUT2D eigenvalue weighted by molar-refractivity contribution is 5.62. The van der Waals surface area contributed by atoms with E-state index in [9.17, 15) is 0 Å². The summed E-state index contributed by atoms with van der Waals surface area (Å²) < 4.78 is 1.86. The first-order valence-corrected chi connectivity index (χ1v) is 5.96. The zero-order valence-electron chi connectivity index (χ0n) is 9.63. The molecular formula is C11H16N6. The standard InChI is InChI=1S/C11H16N6/c12-7-11(3-1-2-4-11)15-9-10-16-14-8-17(10)6-5-13-9/h5-6,8H,1-4,7,12H2,(H,13,15). The maximum absolute atomic E-state index is 5.90. The normalized spacial score (nSPS) is 18.6. The van der Waals surface area contributed by atoms with Crippen molar-refractivity contribution in [1.82, 2.24) is 19.6 Å². The number of anilines is 1. The summed E-state index contributed by atoms with van der Waals surface area (Å²) in [5, 5.41) is 11.4. The third-order valence-corrected chi connectivity index (χ3v) is 3.55. The second-order valence-corrected chi connectivity index (χ2v) is 4.65. The zero-order chi connectivity index (χ0) is 11.7. The lowest BCUT2D eigenvalue weighted by atomic mass is 9.98. The van der Waals surface area contributed by atoms with Crippen molar-refractivity contribution in [3.8, 4) is 0 Å². The third kappa shape index (κ3) is 1.74. The molecule has 2 aromatic heterocycles. The van der Waals surface area contributed by atoms with Gasteiger partial charge in [0.25, 0.3) is 0 Å². The lowest BCUT2D eigenvalue weighted by molar-refractivity contribution is 0.491. The Hall–Kier alpha value is -1.69. The van der Waals surface area contributed by atoms with Crippen molar-refractivity contribution < 1.29 is 0 Å². The highest BCUT2D eigenvalue weighted by Crippen LogP contribution is 2.32. The summed E-state index contributed by atoms with van der Waals surface area (Å²) in [5.41, 5.74) is 6.65. The van der Waals surface area contributed by atoms with Gasteiger partial charge in [-0.1, -0.05) is 12.8 Å². The van der Waals surface area contributed by atoms with Crippen LogP contribution in [0.4, 0.5) is 5.82 Å². The summed E-state index contributed by atoms with van der Waals surface area (Å²) in [6.45, 7) is 0.629. The molecule has 17 heavy (non-hydrogen) atoms. The molecule has 1 aliphatic rings. The highest BCUT2D eigenvalue weighted by Gasteiger charge is 2.33. The minimum Gasteiger partial charge on any atom is -0.360 e. The van der Waals surface area contributed by atoms with Gasteiger partial charge in [-0.3, -0.25) is 4.40 Å². The Bertz CT molecular complexity index is 513. The quantitative estimate of drug-likeness (QED) is 0.818. The summed E-state index contributed by atoms with van der Waals surface area (Å²) in [4.78, 5) is 4.35. The average Bonchev–Trinajstić information content (AvgIpc) is 2.98. The number of hydrogen-bond donors (Lipinski definition) is 2. The minimum absolute atomic E-state index is 0.0131. The fraction of sp³-hybridized carbons (Fsp3) is 0.545. The summed E-state index contributed by atoms with van der Waals surface area (Å²) in [7, 11) is 0. The number of nitrogens with two attached hydrogens (primary N) is 1. The lowest BCUT2D eigenvalue weighted by Gasteiger charge is -2.29. The molecule has 6 heteroatoms. The SMILES string of the molecule is NCC1(Nc2nccn3cnnc23)CCCC1. The fourth-order valence-corrected chi connectivity index (χ4v) is 2.53. The minimum atomic E-state index is -0.0131. The summed E-state index contributed by atoms with van der Waals surface area (Å²) in [6.07, 6.45) is 9.90. The van der Waals surface area contributed by atoms with Gasteiger partial charge in [-0.25, -0.2) is 4.98 Å². The second kappa shape index (κ2) is 3.96. The van der Waals surface area contributed by atoms with Crippen molar-refractivity contribution in [2.24, 2.45) is 5.73 Å². The Morgan fingerprint density at radius 2 is 2.24 bits per heavy atom. The fourth-order valence-electron chi connectivity index (χ4n) is 2.53. The predicted octanol–water partition coefficient (Wildman–Crippen LogP) is 0.808. The molecule has 0 amide bonds. The third-order valence-electron chi connectivity index (χ3n) is 3.55. The van der Waals surface area contributed by atoms with Crippen molar-refractivity contribution >= 4 is 11.5 Å². The smallest absolute Gasteiger partial charge is 0.203 e. The molecule has 2 aromatic rings. The molecular weight excluding hydrogens is 216 g/mol. The van der Waals surface area contributed by atoms with E-state index in [4.69, 9.17) is 5.73 Å². The van der Waals surface area contributed by atoms with Gasteiger partial charge in [0, 0.05) is 18.9 Å². The lowest BCUT2D eigenvalue weighted by Crippen LogP contribution is -2.43. The van der Waals surface area contributed by atoms with Gasteiger partial charge in [-0.15, -0.1) is 10.2 Å². The topological polar surface area (TPSA) is 81.1 Å². The van der Waals surface area contributed by atoms with Crippen LogP contribution in [0.25, 0.3) is 5.65 Å². The van der Waals surface area contributed by atoms with E-state index in [1.165, 1.54) is 12.8 Å². The van der Waals surface area contributed by atoms with Crippen molar-refractivity contribution in [3.63, 3.8) is 0 Å². The van der Waals surface area contributed by atoms with Crippen molar-refractivity contribution in [2.45, 2.75) is 31.2 Å². The van der Waals surface area contributed by atoms with Crippen molar-refractivity contribution in [2.75, 3.05) is 11.9 Å². The van der Waals surface area contributed by atoms with E-state index in [0.717, 1.165) is 24.3 Å². The van der Waals surface area contributed by atoms with Crippen LogP contribution in [0.2, 0.25) is 0 Å². The molecule has 2 heterocycles. The molecule has 6 nitrogen and oxygen atoms in total. The average molecular weight is 232 g/mol. The van der Waals surface area contributed by atoms with Gasteiger partial charge in [0.15, 0.2) is 5.82 Å². The first kappa shape index (κ1) is 10.5. The monoisotopic (exact) mass is 232 g/mol. The van der Waals surface area contributed by atoms with Crippen LogP contribution in [0.1, 0.15) is 25.7 Å². The molecule has 90 valence electrons. The summed E-state index contributed by atoms with van der Waals surface area (Å²) in [5.74, 6) is 0.775. The highest BCUT2D eigenvalue weighted by atomic mass is 15.3. The number of nitrogens with one attached hydrogen (secondary N) is 1. The molecule has 0 saturated heterocycles. The van der Waals surface area contributed by atoms with E-state index in [2.05, 4.69) is 20.5 Å². The first-order chi connectivity index (χ1) is 8.33. The zero-order valence-corrected chi connectivity index (χ0v) is 9.63. The van der Waals surface area contributed by atoms with Crippen LogP contribution in [0.15, 0.2) is 18.7 Å². The van der Waals surface area contributed by atoms with Crippen molar-refractivity contribution in [3.05, 3.63) is 18.7 Å². The first-order valence-electron chi connectivity index (χ1n) is 5.96. The molecule has 3 rings (SSSR count). The Kier molecular flexibility index (Phi) is 2.44. The van der Waals surface area contributed by atoms with Gasteiger partial charge in [-0.05, 0) is 12.8 Å². The molecule has 3 N–H and O–H groups in total. The van der Waals surface area contributed by atoms with Gasteiger partial charge >= 0.3 is 0 Å². The number of hydrogen-bond acceptors (Lipinski definition) is 5. The van der Waals surface area contributed by atoms with Gasteiger partial charge in [0.2, 0.25) is 5.65 Å². The van der Waals surface area contributed by atoms with E-state index in [1.807, 2.05) is 10.6 Å². The van der Waals surface area contributed by atoms with Gasteiger partial charge < -0.3 is 11.1 Å². The van der Waals surface area contributed by atoms with E-state index in [1.54, 1.807) is 12.5 Å². The molecule has 0 atom stereocenters. The van der Waals surface area contributed by atoms with Crippen LogP contribution < -0.4 is 11.1 Å². The van der Waals surface area contributed by atoms with Crippen LogP contribution >= 0.6 is 0 Å². The van der Waals surface area contributed by atoms with E-state index >= 15 is 0 Å². The van der Waals surface area contributed by atoms with Crippen LogP contribution in [0, 0.1) is 0 Å². The van der Waals surface area contributed by atoms with Crippen LogP contribution in [-0.2, 0) is 0 Å². The predicted molar refractivity (Wildman–Crippen MR) is 64.7 cm³/mol. The molecule has 0 radical (unpaired) electrons. The van der Waals surface area contributed by atoms with Gasteiger partial charge in [0.1, 0.15) is 6.33 Å². The van der Waals surface area contributed by atoms with E-state index in [0.29, 0.717) is 6.54 Å². The Labute approximate surface area is 99.3 Å². The second-order valence-electron chi connectivity index (χ2n) is 4.65. The van der Waals surface area contributed by atoms with Crippen LogP contribution in [-0.4, -0.2) is 31.7 Å². The number of rotatable bonds is 3. The Morgan fingerprint density at radius 1 is 1.41 bits per heavy atom. The summed E-state index contributed by atoms with van der Waals surface area (Å²) in [6, 6.07) is 0. The molecule has 0 unspecified atom stereocenters. The van der Waals surface area contributed by atoms with Crippen LogP contribution in [0.3, 0.4) is 0 Å². The van der Waals surface area contributed by atoms with Gasteiger partial charge in [-0.2, -0.15) is 0 Å². The summed E-state index contributed by atoms with van der Waals surface area (Å²) >= 11 is 0. The molecule has 0 aliphatic heterocycles. The van der Waals surface area contributed by atoms with Gasteiger partial charge in [0.05, 0.1) is 5.54 Å². The molecule has 0 bridgehead atoms. The van der Waals surface area contributed by atoms with Crippen molar-refractivity contribution in [1.29, 1.82) is 0 Å². The molecule has 0 spiro atoms. The largest absolute Gasteiger partial charge is 0.360 e. The number of aromatic nitrogens is 4. The van der Waals surface area contributed by atoms with E-state index in [-0.39, 0.29) is 5.54 Å². The molecule has 0 aromatic carbocycles. The molecule has 1 saturated carbocycles.